The number of halogens is 1. The van der Waals surface area contributed by atoms with Gasteiger partial charge in [0.1, 0.15) is 11.2 Å². The van der Waals surface area contributed by atoms with Gasteiger partial charge in [-0.25, -0.2) is 9.07 Å². The van der Waals surface area contributed by atoms with E-state index in [9.17, 15) is 14.3 Å². The normalized spacial score (nSPS) is 20.6. The minimum absolute atomic E-state index is 0.233. The number of aromatic nitrogens is 2. The highest BCUT2D eigenvalue weighted by Gasteiger charge is 2.40. The van der Waals surface area contributed by atoms with Crippen molar-refractivity contribution in [3.05, 3.63) is 47.5 Å². The van der Waals surface area contributed by atoms with E-state index in [1.165, 1.54) is 12.1 Å². The number of nitrogens with one attached hydrogen (secondary N) is 1. The number of carboxylic acid groups (broad SMARTS) is 1. The second-order valence-electron chi connectivity index (χ2n) is 6.51. The van der Waals surface area contributed by atoms with Crippen LogP contribution in [0.2, 0.25) is 0 Å². The first-order chi connectivity index (χ1) is 12.0. The molecule has 0 saturated carbocycles. The van der Waals surface area contributed by atoms with E-state index in [1.54, 1.807) is 16.8 Å². The van der Waals surface area contributed by atoms with Gasteiger partial charge < -0.3 is 15.2 Å². The van der Waals surface area contributed by atoms with Gasteiger partial charge in [0.2, 0.25) is 0 Å². The average molecular weight is 347 g/mol. The molecular formula is C18H22FN3O3. The number of rotatable bonds is 6. The molecule has 0 amide bonds. The van der Waals surface area contributed by atoms with Crippen LogP contribution in [0.25, 0.3) is 5.69 Å². The first-order valence-corrected chi connectivity index (χ1v) is 8.33. The predicted octanol–water partition coefficient (Wildman–Crippen LogP) is 2.29. The van der Waals surface area contributed by atoms with Crippen molar-refractivity contribution in [1.82, 2.24) is 15.1 Å². The predicted molar refractivity (Wildman–Crippen MR) is 90.1 cm³/mol. The van der Waals surface area contributed by atoms with Crippen molar-refractivity contribution in [3.63, 3.8) is 0 Å². The zero-order chi connectivity index (χ0) is 17.9. The Kier molecular flexibility index (Phi) is 5.15. The lowest BCUT2D eigenvalue weighted by atomic mass is 9.82. The zero-order valence-corrected chi connectivity index (χ0v) is 14.2. The number of aliphatic carboxylic acids is 1. The number of carbonyl (C=O) groups is 1. The molecule has 1 aromatic heterocycles. The monoisotopic (exact) mass is 347 g/mol. The Balaban J connectivity index is 1.66. The van der Waals surface area contributed by atoms with Gasteiger partial charge in [-0.2, -0.15) is 5.10 Å². The summed E-state index contributed by atoms with van der Waals surface area (Å²) in [6.07, 6.45) is 3.20. The van der Waals surface area contributed by atoms with E-state index in [-0.39, 0.29) is 12.4 Å². The van der Waals surface area contributed by atoms with Gasteiger partial charge >= 0.3 is 5.97 Å². The molecule has 1 atom stereocenters. The molecule has 1 aromatic carbocycles. The van der Waals surface area contributed by atoms with Gasteiger partial charge in [0.25, 0.3) is 0 Å². The van der Waals surface area contributed by atoms with Crippen LogP contribution in [0.15, 0.2) is 30.5 Å². The van der Waals surface area contributed by atoms with Crippen LogP contribution in [0.3, 0.4) is 0 Å². The molecule has 3 rings (SSSR count). The fraction of sp³-hybridized carbons (Fsp3) is 0.444. The van der Waals surface area contributed by atoms with E-state index in [0.29, 0.717) is 31.8 Å². The lowest BCUT2D eigenvalue weighted by molar-refractivity contribution is -0.156. The lowest BCUT2D eigenvalue weighted by Crippen LogP contribution is -2.46. The number of benzene rings is 1. The fourth-order valence-electron chi connectivity index (χ4n) is 3.09. The molecule has 0 radical (unpaired) electrons. The van der Waals surface area contributed by atoms with Crippen molar-refractivity contribution < 1.29 is 19.0 Å². The first-order valence-electron chi connectivity index (χ1n) is 8.33. The summed E-state index contributed by atoms with van der Waals surface area (Å²) in [5.74, 6) is -1.14. The minimum Gasteiger partial charge on any atom is -0.481 e. The van der Waals surface area contributed by atoms with Crippen LogP contribution in [0.5, 0.6) is 0 Å². The van der Waals surface area contributed by atoms with Crippen LogP contribution >= 0.6 is 0 Å². The Bertz CT molecular complexity index is 754. The van der Waals surface area contributed by atoms with Crippen molar-refractivity contribution in [2.45, 2.75) is 26.3 Å². The third kappa shape index (κ3) is 3.88. The molecule has 1 unspecified atom stereocenters. The highest BCUT2D eigenvalue weighted by Crippen LogP contribution is 2.28. The topological polar surface area (TPSA) is 76.4 Å². The summed E-state index contributed by atoms with van der Waals surface area (Å²) in [6.45, 7) is 3.57. The van der Waals surface area contributed by atoms with Crippen LogP contribution in [0.4, 0.5) is 4.39 Å². The molecule has 2 heterocycles. The summed E-state index contributed by atoms with van der Waals surface area (Å²) in [5.41, 5.74) is 1.55. The molecule has 134 valence electrons. The summed E-state index contributed by atoms with van der Waals surface area (Å²) >= 11 is 0. The van der Waals surface area contributed by atoms with Crippen LogP contribution in [-0.4, -0.2) is 40.6 Å². The standard InChI is InChI=1S/C18H22FN3O3/c1-13-14(10-22(21-13)16-5-2-4-15(19)8-16)9-20-11-18(17(23)24)6-3-7-25-12-18/h2,4-5,8,10,20H,3,6-7,9,11-12H2,1H3,(H,23,24). The molecule has 1 saturated heterocycles. The summed E-state index contributed by atoms with van der Waals surface area (Å²) < 4.78 is 20.4. The molecule has 2 aromatic rings. The number of hydrogen-bond acceptors (Lipinski definition) is 4. The highest BCUT2D eigenvalue weighted by molar-refractivity contribution is 5.75. The van der Waals surface area contributed by atoms with E-state index in [1.807, 2.05) is 13.1 Å². The molecule has 1 aliphatic rings. The second-order valence-corrected chi connectivity index (χ2v) is 6.51. The van der Waals surface area contributed by atoms with Gasteiger partial charge in [-0.05, 0) is 38.0 Å². The van der Waals surface area contributed by atoms with Crippen LogP contribution in [0.1, 0.15) is 24.1 Å². The molecule has 1 aliphatic heterocycles. The van der Waals surface area contributed by atoms with Crippen LogP contribution in [0, 0.1) is 18.2 Å². The molecule has 0 bridgehead atoms. The van der Waals surface area contributed by atoms with Gasteiger partial charge in [-0.15, -0.1) is 0 Å². The first kappa shape index (κ1) is 17.6. The average Bonchev–Trinajstić information content (AvgIpc) is 2.97. The van der Waals surface area contributed by atoms with E-state index in [4.69, 9.17) is 4.74 Å². The maximum absolute atomic E-state index is 13.4. The Morgan fingerprint density at radius 2 is 2.36 bits per heavy atom. The summed E-state index contributed by atoms with van der Waals surface area (Å²) in [7, 11) is 0. The summed E-state index contributed by atoms with van der Waals surface area (Å²) in [6, 6.07) is 6.23. The van der Waals surface area contributed by atoms with Crippen molar-refractivity contribution >= 4 is 5.97 Å². The number of carboxylic acids is 1. The van der Waals surface area contributed by atoms with Crippen LogP contribution in [-0.2, 0) is 16.1 Å². The van der Waals surface area contributed by atoms with Gasteiger partial charge in [-0.3, -0.25) is 4.79 Å². The molecule has 1 fully saturated rings. The fourth-order valence-corrected chi connectivity index (χ4v) is 3.09. The van der Waals surface area contributed by atoms with Crippen molar-refractivity contribution in [3.8, 4) is 5.69 Å². The van der Waals surface area contributed by atoms with E-state index in [2.05, 4.69) is 10.4 Å². The Labute approximate surface area is 145 Å². The largest absolute Gasteiger partial charge is 0.481 e. The smallest absolute Gasteiger partial charge is 0.313 e. The highest BCUT2D eigenvalue weighted by atomic mass is 19.1. The lowest BCUT2D eigenvalue weighted by Gasteiger charge is -2.33. The molecule has 0 spiro atoms. The van der Waals surface area contributed by atoms with Crippen LogP contribution < -0.4 is 5.32 Å². The maximum atomic E-state index is 13.4. The Morgan fingerprint density at radius 1 is 1.52 bits per heavy atom. The molecule has 25 heavy (non-hydrogen) atoms. The Hall–Kier alpha value is -2.25. The molecule has 0 aliphatic carbocycles. The quantitative estimate of drug-likeness (QED) is 0.838. The second kappa shape index (κ2) is 7.33. The number of ether oxygens (including phenoxy) is 1. The molecule has 2 N–H and O–H groups in total. The maximum Gasteiger partial charge on any atom is 0.313 e. The third-order valence-corrected chi connectivity index (χ3v) is 4.63. The SMILES string of the molecule is Cc1nn(-c2cccc(F)c2)cc1CNCC1(C(=O)O)CCCOC1. The number of hydrogen-bond donors (Lipinski definition) is 2. The summed E-state index contributed by atoms with van der Waals surface area (Å²) in [5, 5.41) is 17.2. The van der Waals surface area contributed by atoms with E-state index >= 15 is 0 Å². The Morgan fingerprint density at radius 3 is 3.04 bits per heavy atom. The van der Waals surface area contributed by atoms with Crippen molar-refractivity contribution in [2.24, 2.45) is 5.41 Å². The zero-order valence-electron chi connectivity index (χ0n) is 14.2. The number of aryl methyl sites for hydroxylation is 1. The number of nitrogens with zero attached hydrogens (tertiary/aromatic N) is 2. The molecule has 7 heteroatoms. The van der Waals surface area contributed by atoms with E-state index < -0.39 is 11.4 Å². The third-order valence-electron chi connectivity index (χ3n) is 4.63. The summed E-state index contributed by atoms with van der Waals surface area (Å²) in [4.78, 5) is 11.6. The van der Waals surface area contributed by atoms with Gasteiger partial charge in [0.15, 0.2) is 0 Å². The van der Waals surface area contributed by atoms with Gasteiger partial charge in [0.05, 0.1) is 18.0 Å². The molecule has 6 nitrogen and oxygen atoms in total. The van der Waals surface area contributed by atoms with Gasteiger partial charge in [0, 0.05) is 31.5 Å². The van der Waals surface area contributed by atoms with E-state index in [0.717, 1.165) is 17.7 Å². The molecular weight excluding hydrogens is 325 g/mol. The van der Waals surface area contributed by atoms with Crippen molar-refractivity contribution in [1.29, 1.82) is 0 Å². The minimum atomic E-state index is -0.870. The van der Waals surface area contributed by atoms with Gasteiger partial charge in [-0.1, -0.05) is 6.07 Å². The van der Waals surface area contributed by atoms with Crippen molar-refractivity contribution in [2.75, 3.05) is 19.8 Å².